The number of ether oxygens (including phenoxy) is 1. The molecular formula is C17H19N3O6. The van der Waals surface area contributed by atoms with Gasteiger partial charge in [-0.15, -0.1) is 0 Å². The van der Waals surface area contributed by atoms with Crippen molar-refractivity contribution in [3.05, 3.63) is 58.6 Å². The first-order valence-corrected chi connectivity index (χ1v) is 7.97. The molecular weight excluding hydrogens is 342 g/mol. The van der Waals surface area contributed by atoms with E-state index in [1.165, 1.54) is 19.2 Å². The molecule has 2 aromatic rings. The summed E-state index contributed by atoms with van der Waals surface area (Å²) in [6, 6.07) is 9.82. The number of hydrogen-bond acceptors (Lipinski definition) is 7. The van der Waals surface area contributed by atoms with Crippen molar-refractivity contribution < 1.29 is 24.9 Å². The Morgan fingerprint density at radius 2 is 2.04 bits per heavy atom. The van der Waals surface area contributed by atoms with Crippen molar-refractivity contribution in [1.82, 2.24) is 9.55 Å². The molecule has 2 heterocycles. The van der Waals surface area contributed by atoms with E-state index >= 15 is 0 Å². The van der Waals surface area contributed by atoms with Crippen molar-refractivity contribution in [3.63, 3.8) is 0 Å². The number of carbonyl (C=O) groups is 1. The van der Waals surface area contributed by atoms with E-state index in [-0.39, 0.29) is 5.82 Å². The number of carbonyl (C=O) groups excluding carboxylic acids is 1. The lowest BCUT2D eigenvalue weighted by Gasteiger charge is -2.27. The van der Waals surface area contributed by atoms with Gasteiger partial charge in [-0.1, -0.05) is 18.2 Å². The van der Waals surface area contributed by atoms with E-state index in [4.69, 9.17) is 4.74 Å². The number of hydrogen-bond donors (Lipinski definition) is 4. The topological polar surface area (TPSA) is 134 Å². The van der Waals surface area contributed by atoms with Gasteiger partial charge < -0.3 is 25.4 Å². The van der Waals surface area contributed by atoms with Gasteiger partial charge in [-0.3, -0.25) is 9.36 Å². The standard InChI is InChI=1S/C17H19N3O6/c1-17(25)13(22)11(9-21)26-15(17)20-8-7-12(19-16(20)24)18-14(23)10-5-3-2-4-6-10/h2-8,11,13,15,21-22,25H,9H2,1H3,(H,18,19,23,24). The fourth-order valence-corrected chi connectivity index (χ4v) is 2.83. The van der Waals surface area contributed by atoms with Crippen LogP contribution in [0.15, 0.2) is 47.4 Å². The van der Waals surface area contributed by atoms with Gasteiger partial charge in [-0.25, -0.2) is 4.79 Å². The smallest absolute Gasteiger partial charge is 0.351 e. The average Bonchev–Trinajstić information content (AvgIpc) is 2.85. The fourth-order valence-electron chi connectivity index (χ4n) is 2.83. The zero-order chi connectivity index (χ0) is 18.9. The summed E-state index contributed by atoms with van der Waals surface area (Å²) in [5, 5.41) is 32.2. The number of aliphatic hydroxyl groups is 3. The van der Waals surface area contributed by atoms with Crippen LogP contribution in [-0.2, 0) is 4.74 Å². The highest BCUT2D eigenvalue weighted by Gasteiger charge is 2.53. The molecule has 9 heteroatoms. The van der Waals surface area contributed by atoms with Crippen LogP contribution >= 0.6 is 0 Å². The van der Waals surface area contributed by atoms with Crippen molar-refractivity contribution in [1.29, 1.82) is 0 Å². The maximum absolute atomic E-state index is 12.3. The first-order chi connectivity index (χ1) is 12.3. The van der Waals surface area contributed by atoms with Crippen LogP contribution in [0.25, 0.3) is 0 Å². The number of nitrogens with zero attached hydrogens (tertiary/aromatic N) is 2. The molecule has 0 radical (unpaired) electrons. The summed E-state index contributed by atoms with van der Waals surface area (Å²) >= 11 is 0. The zero-order valence-electron chi connectivity index (χ0n) is 13.9. The highest BCUT2D eigenvalue weighted by atomic mass is 16.6. The summed E-state index contributed by atoms with van der Waals surface area (Å²) < 4.78 is 6.38. The number of aliphatic hydroxyl groups excluding tert-OH is 2. The normalized spacial score (nSPS) is 28.1. The Hall–Kier alpha value is -2.59. The van der Waals surface area contributed by atoms with E-state index in [1.54, 1.807) is 30.3 Å². The third-order valence-corrected chi connectivity index (χ3v) is 4.29. The van der Waals surface area contributed by atoms with Crippen molar-refractivity contribution in [2.45, 2.75) is 31.0 Å². The third kappa shape index (κ3) is 3.25. The lowest BCUT2D eigenvalue weighted by molar-refractivity contribution is -0.0986. The van der Waals surface area contributed by atoms with Gasteiger partial charge in [0.1, 0.15) is 23.6 Å². The molecule has 4 unspecified atom stereocenters. The van der Waals surface area contributed by atoms with E-state index < -0.39 is 42.2 Å². The van der Waals surface area contributed by atoms with Crippen LogP contribution in [0.4, 0.5) is 5.82 Å². The molecule has 138 valence electrons. The highest BCUT2D eigenvalue weighted by molar-refractivity contribution is 6.03. The van der Waals surface area contributed by atoms with Crippen LogP contribution in [0.3, 0.4) is 0 Å². The molecule has 1 saturated heterocycles. The van der Waals surface area contributed by atoms with E-state index in [9.17, 15) is 24.9 Å². The Labute approximate surface area is 148 Å². The van der Waals surface area contributed by atoms with Gasteiger partial charge in [0.05, 0.1) is 6.61 Å². The molecule has 0 spiro atoms. The van der Waals surface area contributed by atoms with Gasteiger partial charge in [0.25, 0.3) is 5.91 Å². The van der Waals surface area contributed by atoms with Crippen LogP contribution in [0.1, 0.15) is 23.5 Å². The summed E-state index contributed by atoms with van der Waals surface area (Å²) in [5.41, 5.74) is -2.17. The lowest BCUT2D eigenvalue weighted by atomic mass is 9.96. The second-order valence-electron chi connectivity index (χ2n) is 6.20. The molecule has 1 amide bonds. The summed E-state index contributed by atoms with van der Waals surface area (Å²) in [7, 11) is 0. The van der Waals surface area contributed by atoms with Crippen molar-refractivity contribution in [3.8, 4) is 0 Å². The number of benzene rings is 1. The van der Waals surface area contributed by atoms with Crippen LogP contribution in [0, 0.1) is 0 Å². The molecule has 0 aliphatic carbocycles. The fraction of sp³-hybridized carbons (Fsp3) is 0.353. The van der Waals surface area contributed by atoms with Gasteiger partial charge in [0.15, 0.2) is 6.23 Å². The molecule has 0 saturated carbocycles. The van der Waals surface area contributed by atoms with Crippen molar-refractivity contribution in [2.75, 3.05) is 11.9 Å². The average molecular weight is 361 g/mol. The minimum Gasteiger partial charge on any atom is -0.394 e. The van der Waals surface area contributed by atoms with Gasteiger partial charge in [-0.05, 0) is 25.1 Å². The molecule has 4 atom stereocenters. The van der Waals surface area contributed by atoms with Crippen LogP contribution in [0.5, 0.6) is 0 Å². The number of nitrogens with one attached hydrogen (secondary N) is 1. The summed E-state index contributed by atoms with van der Waals surface area (Å²) in [4.78, 5) is 28.2. The van der Waals surface area contributed by atoms with E-state index in [2.05, 4.69) is 10.3 Å². The van der Waals surface area contributed by atoms with Crippen LogP contribution in [-0.4, -0.2) is 55.2 Å². The third-order valence-electron chi connectivity index (χ3n) is 4.29. The largest absolute Gasteiger partial charge is 0.394 e. The molecule has 4 N–H and O–H groups in total. The zero-order valence-corrected chi connectivity index (χ0v) is 13.9. The summed E-state index contributed by atoms with van der Waals surface area (Å²) in [5.74, 6) is -0.382. The molecule has 0 bridgehead atoms. The minimum atomic E-state index is -1.80. The SMILES string of the molecule is CC1(O)C(O)C(CO)OC1n1ccc(NC(=O)c2ccccc2)nc1=O. The number of anilines is 1. The van der Waals surface area contributed by atoms with Crippen molar-refractivity contribution in [2.24, 2.45) is 0 Å². The second-order valence-corrected chi connectivity index (χ2v) is 6.20. The second kappa shape index (κ2) is 6.96. The van der Waals surface area contributed by atoms with E-state index in [1.807, 2.05) is 0 Å². The Balaban J connectivity index is 1.82. The monoisotopic (exact) mass is 361 g/mol. The Bertz CT molecular complexity index is 851. The predicted molar refractivity (Wildman–Crippen MR) is 90.5 cm³/mol. The molecule has 1 fully saturated rings. The molecule has 1 aliphatic heterocycles. The number of rotatable bonds is 4. The van der Waals surface area contributed by atoms with Crippen molar-refractivity contribution >= 4 is 11.7 Å². The van der Waals surface area contributed by atoms with Gasteiger partial charge >= 0.3 is 5.69 Å². The van der Waals surface area contributed by atoms with Crippen LogP contribution < -0.4 is 11.0 Å². The quantitative estimate of drug-likeness (QED) is 0.577. The Morgan fingerprint density at radius 1 is 1.35 bits per heavy atom. The van der Waals surface area contributed by atoms with E-state index in [0.29, 0.717) is 5.56 Å². The summed E-state index contributed by atoms with van der Waals surface area (Å²) in [6.07, 6.45) is -2.34. The lowest BCUT2D eigenvalue weighted by Crippen LogP contribution is -2.46. The van der Waals surface area contributed by atoms with Crippen LogP contribution in [0.2, 0.25) is 0 Å². The molecule has 1 aliphatic rings. The Morgan fingerprint density at radius 3 is 2.62 bits per heavy atom. The molecule has 9 nitrogen and oxygen atoms in total. The first kappa shape index (κ1) is 18.2. The van der Waals surface area contributed by atoms with Gasteiger partial charge in [0, 0.05) is 11.8 Å². The number of aromatic nitrogens is 2. The first-order valence-electron chi connectivity index (χ1n) is 7.97. The molecule has 1 aromatic heterocycles. The molecule has 1 aromatic carbocycles. The Kier molecular flexibility index (Phi) is 4.88. The van der Waals surface area contributed by atoms with Gasteiger partial charge in [-0.2, -0.15) is 4.98 Å². The molecule has 3 rings (SSSR count). The maximum atomic E-state index is 12.3. The number of amides is 1. The minimum absolute atomic E-state index is 0.0389. The maximum Gasteiger partial charge on any atom is 0.351 e. The van der Waals surface area contributed by atoms with E-state index in [0.717, 1.165) is 4.57 Å². The predicted octanol–water partition coefficient (Wildman–Crippen LogP) is -0.503. The van der Waals surface area contributed by atoms with Gasteiger partial charge in [0.2, 0.25) is 0 Å². The molecule has 26 heavy (non-hydrogen) atoms. The summed E-state index contributed by atoms with van der Waals surface area (Å²) in [6.45, 7) is 0.788. The highest BCUT2D eigenvalue weighted by Crippen LogP contribution is 2.37.